The average molecular weight is 218 g/mol. The fourth-order valence-electron chi connectivity index (χ4n) is 1.34. The van der Waals surface area contributed by atoms with Gasteiger partial charge in [0.25, 0.3) is 0 Å². The molecule has 86 valence electrons. The third-order valence-electron chi connectivity index (χ3n) is 2.18. The zero-order chi connectivity index (χ0) is 11.4. The van der Waals surface area contributed by atoms with Gasteiger partial charge >= 0.3 is 0 Å². The molecule has 6 heteroatoms. The van der Waals surface area contributed by atoms with Crippen LogP contribution in [-0.2, 0) is 9.47 Å². The third kappa shape index (κ3) is 2.66. The van der Waals surface area contributed by atoms with Gasteiger partial charge in [-0.25, -0.2) is 0 Å². The standard InChI is InChI=1S/C9H14O6/c1-2-3-14-9-8(13)7(12)6(11)5(4-10)15-9/h1,5-13H,3-4H2/t5?,6-,7?,8-,9+/m0/s1. The molecule has 0 aliphatic carbocycles. The summed E-state index contributed by atoms with van der Waals surface area (Å²) in [4.78, 5) is 0. The van der Waals surface area contributed by atoms with Crippen molar-refractivity contribution >= 4 is 0 Å². The molecule has 0 aromatic heterocycles. The van der Waals surface area contributed by atoms with E-state index in [1.165, 1.54) is 0 Å². The van der Waals surface area contributed by atoms with Gasteiger partial charge in [-0.3, -0.25) is 0 Å². The van der Waals surface area contributed by atoms with Gasteiger partial charge in [-0.05, 0) is 0 Å². The molecule has 1 heterocycles. The largest absolute Gasteiger partial charge is 0.394 e. The van der Waals surface area contributed by atoms with Crippen molar-refractivity contribution in [1.29, 1.82) is 0 Å². The zero-order valence-corrected chi connectivity index (χ0v) is 7.98. The lowest BCUT2D eigenvalue weighted by molar-refractivity contribution is -0.298. The smallest absolute Gasteiger partial charge is 0.187 e. The molecule has 0 bridgehead atoms. The van der Waals surface area contributed by atoms with Crippen LogP contribution in [0.4, 0.5) is 0 Å². The minimum Gasteiger partial charge on any atom is -0.394 e. The van der Waals surface area contributed by atoms with Gasteiger partial charge < -0.3 is 29.9 Å². The first kappa shape index (κ1) is 12.4. The molecule has 6 nitrogen and oxygen atoms in total. The lowest BCUT2D eigenvalue weighted by Gasteiger charge is -2.39. The lowest BCUT2D eigenvalue weighted by Crippen LogP contribution is -2.59. The number of ether oxygens (including phenoxy) is 2. The van der Waals surface area contributed by atoms with Gasteiger partial charge in [0.15, 0.2) is 6.29 Å². The SMILES string of the molecule is C#CCO[C@@H]1OC(CO)[C@H](O)C(O)[C@@H]1O. The van der Waals surface area contributed by atoms with Crippen LogP contribution >= 0.6 is 0 Å². The fourth-order valence-corrected chi connectivity index (χ4v) is 1.34. The molecule has 1 aliphatic heterocycles. The molecule has 1 saturated heterocycles. The summed E-state index contributed by atoms with van der Waals surface area (Å²) in [7, 11) is 0. The Labute approximate surface area is 87.1 Å². The van der Waals surface area contributed by atoms with Gasteiger partial charge in [-0.1, -0.05) is 5.92 Å². The topological polar surface area (TPSA) is 99.4 Å². The first-order valence-electron chi connectivity index (χ1n) is 4.47. The molecule has 1 aliphatic rings. The molecule has 4 N–H and O–H groups in total. The molecule has 0 radical (unpaired) electrons. The Morgan fingerprint density at radius 2 is 1.87 bits per heavy atom. The van der Waals surface area contributed by atoms with E-state index in [1.807, 2.05) is 0 Å². The fraction of sp³-hybridized carbons (Fsp3) is 0.778. The summed E-state index contributed by atoms with van der Waals surface area (Å²) in [6.45, 7) is -0.580. The Hall–Kier alpha value is -0.680. The molecule has 0 saturated carbocycles. The van der Waals surface area contributed by atoms with E-state index in [-0.39, 0.29) is 6.61 Å². The molecule has 0 aromatic carbocycles. The quantitative estimate of drug-likeness (QED) is 0.389. The van der Waals surface area contributed by atoms with Gasteiger partial charge in [0.05, 0.1) is 6.61 Å². The lowest BCUT2D eigenvalue weighted by atomic mass is 9.99. The normalized spacial score (nSPS) is 41.1. The van der Waals surface area contributed by atoms with Gasteiger partial charge in [0, 0.05) is 0 Å². The van der Waals surface area contributed by atoms with E-state index >= 15 is 0 Å². The van der Waals surface area contributed by atoms with Gasteiger partial charge in [-0.15, -0.1) is 6.42 Å². The van der Waals surface area contributed by atoms with E-state index in [9.17, 15) is 15.3 Å². The van der Waals surface area contributed by atoms with Crippen LogP contribution in [0.2, 0.25) is 0 Å². The van der Waals surface area contributed by atoms with Crippen molar-refractivity contribution in [2.75, 3.05) is 13.2 Å². The van der Waals surface area contributed by atoms with Crippen LogP contribution in [0.25, 0.3) is 0 Å². The van der Waals surface area contributed by atoms with E-state index in [1.54, 1.807) is 0 Å². The molecule has 0 amide bonds. The second kappa shape index (κ2) is 5.42. The Morgan fingerprint density at radius 1 is 1.20 bits per heavy atom. The number of hydrogen-bond acceptors (Lipinski definition) is 6. The number of aliphatic hydroxyl groups is 4. The molecule has 1 fully saturated rings. The van der Waals surface area contributed by atoms with E-state index in [4.69, 9.17) is 21.0 Å². The van der Waals surface area contributed by atoms with Crippen molar-refractivity contribution in [1.82, 2.24) is 0 Å². The van der Waals surface area contributed by atoms with Crippen LogP contribution in [0.1, 0.15) is 0 Å². The summed E-state index contributed by atoms with van der Waals surface area (Å²) < 4.78 is 9.91. The summed E-state index contributed by atoms with van der Waals surface area (Å²) >= 11 is 0. The van der Waals surface area contributed by atoms with Crippen LogP contribution in [0, 0.1) is 12.3 Å². The Bertz CT molecular complexity index is 235. The second-order valence-corrected chi connectivity index (χ2v) is 3.21. The molecule has 2 unspecified atom stereocenters. The minimum atomic E-state index is -1.43. The van der Waals surface area contributed by atoms with Crippen molar-refractivity contribution in [2.24, 2.45) is 0 Å². The van der Waals surface area contributed by atoms with Crippen molar-refractivity contribution in [3.8, 4) is 12.3 Å². The maximum absolute atomic E-state index is 9.44. The van der Waals surface area contributed by atoms with Crippen LogP contribution < -0.4 is 0 Å². The van der Waals surface area contributed by atoms with Crippen LogP contribution in [0.3, 0.4) is 0 Å². The van der Waals surface area contributed by atoms with Crippen molar-refractivity contribution in [3.63, 3.8) is 0 Å². The number of rotatable bonds is 3. The molecular weight excluding hydrogens is 204 g/mol. The highest BCUT2D eigenvalue weighted by Crippen LogP contribution is 2.21. The Morgan fingerprint density at radius 3 is 2.40 bits per heavy atom. The molecule has 0 spiro atoms. The van der Waals surface area contributed by atoms with E-state index < -0.39 is 37.3 Å². The molecule has 0 aromatic rings. The third-order valence-corrected chi connectivity index (χ3v) is 2.18. The van der Waals surface area contributed by atoms with Crippen molar-refractivity contribution in [3.05, 3.63) is 0 Å². The average Bonchev–Trinajstić information content (AvgIpc) is 2.25. The summed E-state index contributed by atoms with van der Waals surface area (Å²) in [5.41, 5.74) is 0. The highest BCUT2D eigenvalue weighted by molar-refractivity contribution is 4.90. The van der Waals surface area contributed by atoms with Crippen LogP contribution in [-0.4, -0.2) is 64.3 Å². The summed E-state index contributed by atoms with van der Waals surface area (Å²) in [5.74, 6) is 2.17. The van der Waals surface area contributed by atoms with Crippen LogP contribution in [0.5, 0.6) is 0 Å². The number of hydrogen-bond donors (Lipinski definition) is 4. The Kier molecular flexibility index (Phi) is 4.47. The summed E-state index contributed by atoms with van der Waals surface area (Å²) in [6.07, 6.45) is -1.36. The number of terminal acetylenes is 1. The maximum atomic E-state index is 9.44. The predicted octanol–water partition coefficient (Wildman–Crippen LogP) is -2.56. The maximum Gasteiger partial charge on any atom is 0.187 e. The van der Waals surface area contributed by atoms with Crippen LogP contribution in [0.15, 0.2) is 0 Å². The molecule has 5 atom stereocenters. The monoisotopic (exact) mass is 218 g/mol. The van der Waals surface area contributed by atoms with Crippen molar-refractivity contribution < 1.29 is 29.9 Å². The van der Waals surface area contributed by atoms with Gasteiger partial charge in [0.1, 0.15) is 31.0 Å². The zero-order valence-electron chi connectivity index (χ0n) is 7.98. The van der Waals surface area contributed by atoms with E-state index in [0.717, 1.165) is 0 Å². The van der Waals surface area contributed by atoms with E-state index in [2.05, 4.69) is 5.92 Å². The van der Waals surface area contributed by atoms with Gasteiger partial charge in [-0.2, -0.15) is 0 Å². The first-order valence-corrected chi connectivity index (χ1v) is 4.47. The second-order valence-electron chi connectivity index (χ2n) is 3.21. The molecular formula is C9H14O6. The molecule has 15 heavy (non-hydrogen) atoms. The number of aliphatic hydroxyl groups excluding tert-OH is 4. The first-order chi connectivity index (χ1) is 7.11. The minimum absolute atomic E-state index is 0.0946. The predicted molar refractivity (Wildman–Crippen MR) is 48.6 cm³/mol. The highest BCUT2D eigenvalue weighted by Gasteiger charge is 2.43. The summed E-state index contributed by atoms with van der Waals surface area (Å²) in [6, 6.07) is 0. The summed E-state index contributed by atoms with van der Waals surface area (Å²) in [5, 5.41) is 37.0. The molecule has 1 rings (SSSR count). The van der Waals surface area contributed by atoms with E-state index in [0.29, 0.717) is 0 Å². The Balaban J connectivity index is 2.62. The van der Waals surface area contributed by atoms with Crippen molar-refractivity contribution in [2.45, 2.75) is 30.7 Å². The highest BCUT2D eigenvalue weighted by atomic mass is 16.7. The van der Waals surface area contributed by atoms with Gasteiger partial charge in [0.2, 0.25) is 0 Å².